The third-order valence-electron chi connectivity index (χ3n) is 2.77. The topological polar surface area (TPSA) is 70.5 Å². The van der Waals surface area contributed by atoms with Crippen LogP contribution in [0.4, 0.5) is 0 Å². The lowest BCUT2D eigenvalue weighted by molar-refractivity contribution is -0.181. The summed E-state index contributed by atoms with van der Waals surface area (Å²) in [7, 11) is 0. The zero-order chi connectivity index (χ0) is 8.60. The van der Waals surface area contributed by atoms with Crippen molar-refractivity contribution in [2.45, 2.75) is 37.1 Å². The molecule has 1 aliphatic heterocycles. The molecule has 4 nitrogen and oxygen atoms in total. The first-order chi connectivity index (χ1) is 5.72. The number of rotatable bonds is 0. The lowest BCUT2D eigenvalue weighted by Crippen LogP contribution is -2.52. The highest BCUT2D eigenvalue weighted by Gasteiger charge is 2.42. The van der Waals surface area contributed by atoms with Gasteiger partial charge in [-0.3, -0.25) is 0 Å². The van der Waals surface area contributed by atoms with Crippen LogP contribution in [-0.4, -0.2) is 31.1 Å². The zero-order valence-electron chi connectivity index (χ0n) is 7.16. The molecule has 0 aromatic heterocycles. The van der Waals surface area contributed by atoms with Gasteiger partial charge >= 0.3 is 0 Å². The van der Waals surface area contributed by atoms with Crippen LogP contribution in [0.3, 0.4) is 0 Å². The lowest BCUT2D eigenvalue weighted by Gasteiger charge is -2.37. The van der Waals surface area contributed by atoms with E-state index in [1.807, 2.05) is 0 Å². The molecule has 1 aliphatic carbocycles. The van der Waals surface area contributed by atoms with Gasteiger partial charge in [0.1, 0.15) is 0 Å². The quantitative estimate of drug-likeness (QED) is 0.520. The maximum absolute atomic E-state index is 5.85. The van der Waals surface area contributed by atoms with E-state index in [9.17, 15) is 0 Å². The summed E-state index contributed by atoms with van der Waals surface area (Å²) in [6.45, 7) is 1.39. The minimum Gasteiger partial charge on any atom is -0.347 e. The predicted molar refractivity (Wildman–Crippen MR) is 44.4 cm³/mol. The highest BCUT2D eigenvalue weighted by molar-refractivity contribution is 4.91. The Hall–Kier alpha value is -0.160. The first-order valence-corrected chi connectivity index (χ1v) is 4.51. The van der Waals surface area contributed by atoms with Gasteiger partial charge in [-0.25, -0.2) is 0 Å². The number of hydrogen-bond donors (Lipinski definition) is 2. The van der Waals surface area contributed by atoms with Gasteiger partial charge in [0.15, 0.2) is 5.79 Å². The highest BCUT2D eigenvalue weighted by atomic mass is 16.7. The van der Waals surface area contributed by atoms with E-state index in [1.54, 1.807) is 0 Å². The first-order valence-electron chi connectivity index (χ1n) is 4.51. The summed E-state index contributed by atoms with van der Waals surface area (Å²) in [4.78, 5) is 0. The van der Waals surface area contributed by atoms with Gasteiger partial charge in [0, 0.05) is 24.9 Å². The molecule has 1 spiro atoms. The van der Waals surface area contributed by atoms with Crippen molar-refractivity contribution in [2.75, 3.05) is 13.2 Å². The van der Waals surface area contributed by atoms with Gasteiger partial charge in [-0.05, 0) is 6.42 Å². The maximum Gasteiger partial charge on any atom is 0.170 e. The standard InChI is InChI=1S/C8H16N2O2/c9-6-1-2-8(5-7(6)10)11-3-4-12-8/h6-7H,1-5,9-10H2. The zero-order valence-corrected chi connectivity index (χ0v) is 7.16. The molecule has 2 atom stereocenters. The SMILES string of the molecule is NC1CCC2(CC1N)OCCO2. The van der Waals surface area contributed by atoms with E-state index in [-0.39, 0.29) is 17.9 Å². The van der Waals surface area contributed by atoms with E-state index < -0.39 is 0 Å². The third kappa shape index (κ3) is 1.35. The Labute approximate surface area is 72.2 Å². The average Bonchev–Trinajstić information content (AvgIpc) is 2.47. The van der Waals surface area contributed by atoms with Crippen LogP contribution in [0.1, 0.15) is 19.3 Å². The monoisotopic (exact) mass is 172 g/mol. The molecule has 0 amide bonds. The molecule has 0 radical (unpaired) electrons. The van der Waals surface area contributed by atoms with Gasteiger partial charge in [0.25, 0.3) is 0 Å². The van der Waals surface area contributed by atoms with Gasteiger partial charge in [-0.2, -0.15) is 0 Å². The molecule has 1 saturated carbocycles. The first kappa shape index (κ1) is 8.44. The molecule has 70 valence electrons. The van der Waals surface area contributed by atoms with Crippen molar-refractivity contribution < 1.29 is 9.47 Å². The van der Waals surface area contributed by atoms with Gasteiger partial charge in [-0.15, -0.1) is 0 Å². The molecule has 12 heavy (non-hydrogen) atoms. The molecule has 2 aliphatic rings. The van der Waals surface area contributed by atoms with Crippen molar-refractivity contribution in [3.63, 3.8) is 0 Å². The number of ether oxygens (including phenoxy) is 2. The van der Waals surface area contributed by atoms with Crippen LogP contribution in [0.5, 0.6) is 0 Å². The van der Waals surface area contributed by atoms with Crippen LogP contribution in [0, 0.1) is 0 Å². The van der Waals surface area contributed by atoms with Gasteiger partial charge < -0.3 is 20.9 Å². The maximum atomic E-state index is 5.85. The fourth-order valence-corrected chi connectivity index (χ4v) is 1.97. The summed E-state index contributed by atoms with van der Waals surface area (Å²) in [6.07, 6.45) is 2.54. The summed E-state index contributed by atoms with van der Waals surface area (Å²) in [6, 6.07) is 0.139. The molecule has 4 heteroatoms. The van der Waals surface area contributed by atoms with Crippen molar-refractivity contribution >= 4 is 0 Å². The molecule has 1 saturated heterocycles. The fraction of sp³-hybridized carbons (Fsp3) is 1.00. The van der Waals surface area contributed by atoms with Gasteiger partial charge in [0.2, 0.25) is 0 Å². The van der Waals surface area contributed by atoms with E-state index in [0.29, 0.717) is 13.2 Å². The van der Waals surface area contributed by atoms with Gasteiger partial charge in [0.05, 0.1) is 13.2 Å². The fourth-order valence-electron chi connectivity index (χ4n) is 1.97. The molecule has 2 rings (SSSR count). The van der Waals surface area contributed by atoms with E-state index in [2.05, 4.69) is 0 Å². The molecule has 0 aromatic carbocycles. The van der Waals surface area contributed by atoms with Crippen molar-refractivity contribution in [3.8, 4) is 0 Å². The molecule has 2 fully saturated rings. The van der Waals surface area contributed by atoms with Crippen LogP contribution in [0.25, 0.3) is 0 Å². The largest absolute Gasteiger partial charge is 0.347 e. The summed E-state index contributed by atoms with van der Waals surface area (Å²) >= 11 is 0. The second-order valence-corrected chi connectivity index (χ2v) is 3.68. The summed E-state index contributed by atoms with van der Waals surface area (Å²) < 4.78 is 11.1. The van der Waals surface area contributed by atoms with Crippen molar-refractivity contribution in [1.29, 1.82) is 0 Å². The average molecular weight is 172 g/mol. The Morgan fingerprint density at radius 2 is 1.75 bits per heavy atom. The molecule has 2 unspecified atom stereocenters. The Bertz CT molecular complexity index is 168. The van der Waals surface area contributed by atoms with Crippen molar-refractivity contribution in [2.24, 2.45) is 11.5 Å². The smallest absolute Gasteiger partial charge is 0.170 e. The normalized spacial score (nSPS) is 40.5. The van der Waals surface area contributed by atoms with E-state index >= 15 is 0 Å². The summed E-state index contributed by atoms with van der Waals surface area (Å²) in [5.74, 6) is -0.380. The molecular formula is C8H16N2O2. The molecule has 0 aromatic rings. The third-order valence-corrected chi connectivity index (χ3v) is 2.77. The minimum absolute atomic E-state index is 0.0249. The molecule has 0 bridgehead atoms. The van der Waals surface area contributed by atoms with Crippen molar-refractivity contribution in [3.05, 3.63) is 0 Å². The van der Waals surface area contributed by atoms with E-state index in [4.69, 9.17) is 20.9 Å². The summed E-state index contributed by atoms with van der Waals surface area (Å²) in [5, 5.41) is 0. The Morgan fingerprint density at radius 1 is 1.08 bits per heavy atom. The van der Waals surface area contributed by atoms with Crippen LogP contribution in [0.15, 0.2) is 0 Å². The number of nitrogens with two attached hydrogens (primary N) is 2. The number of hydrogen-bond acceptors (Lipinski definition) is 4. The second-order valence-electron chi connectivity index (χ2n) is 3.68. The van der Waals surface area contributed by atoms with E-state index in [0.717, 1.165) is 19.3 Å². The lowest BCUT2D eigenvalue weighted by atomic mass is 9.87. The van der Waals surface area contributed by atoms with Crippen LogP contribution >= 0.6 is 0 Å². The van der Waals surface area contributed by atoms with E-state index in [1.165, 1.54) is 0 Å². The van der Waals surface area contributed by atoms with Crippen molar-refractivity contribution in [1.82, 2.24) is 0 Å². The minimum atomic E-state index is -0.380. The predicted octanol–water partition coefficient (Wildman–Crippen LogP) is -0.432. The molecule has 4 N–H and O–H groups in total. The van der Waals surface area contributed by atoms with Crippen LogP contribution in [0.2, 0.25) is 0 Å². The van der Waals surface area contributed by atoms with Gasteiger partial charge in [-0.1, -0.05) is 0 Å². The molecule has 1 heterocycles. The van der Waals surface area contributed by atoms with Crippen LogP contribution < -0.4 is 11.5 Å². The highest BCUT2D eigenvalue weighted by Crippen LogP contribution is 2.34. The molecular weight excluding hydrogens is 156 g/mol. The Morgan fingerprint density at radius 3 is 2.33 bits per heavy atom. The Balaban J connectivity index is 2.01. The Kier molecular flexibility index (Phi) is 2.08. The van der Waals surface area contributed by atoms with Crippen LogP contribution in [-0.2, 0) is 9.47 Å². The second kappa shape index (κ2) is 2.96. The summed E-state index contributed by atoms with van der Waals surface area (Å²) in [5.41, 5.74) is 11.6.